The number of hydrogen-bond acceptors (Lipinski definition) is 7. The van der Waals surface area contributed by atoms with Crippen molar-refractivity contribution in [1.82, 2.24) is 20.8 Å². The summed E-state index contributed by atoms with van der Waals surface area (Å²) in [6.07, 6.45) is 1.22. The van der Waals surface area contributed by atoms with Gasteiger partial charge < -0.3 is 5.73 Å². The quantitative estimate of drug-likeness (QED) is 0.217. The molecular weight excluding hydrogens is 501 g/mol. The fourth-order valence-electron chi connectivity index (χ4n) is 3.43. The third kappa shape index (κ3) is 5.83. The van der Waals surface area contributed by atoms with E-state index in [1.165, 1.54) is 18.5 Å². The molecule has 9 nitrogen and oxygen atoms in total. The first-order valence-corrected chi connectivity index (χ1v) is 11.5. The monoisotopic (exact) mass is 521 g/mol. The lowest BCUT2D eigenvalue weighted by Gasteiger charge is -2.19. The smallest absolute Gasteiger partial charge is 0.271 e. The molecule has 4 rings (SSSR count). The molecule has 0 aliphatic heterocycles. The second-order valence-corrected chi connectivity index (χ2v) is 8.40. The predicted octanol–water partition coefficient (Wildman–Crippen LogP) is 4.40. The van der Waals surface area contributed by atoms with Gasteiger partial charge in [0.25, 0.3) is 5.91 Å². The summed E-state index contributed by atoms with van der Waals surface area (Å²) in [6.45, 7) is 0. The fourth-order valence-corrected chi connectivity index (χ4v) is 3.93. The van der Waals surface area contributed by atoms with Gasteiger partial charge in [0.2, 0.25) is 5.91 Å². The third-order valence-corrected chi connectivity index (χ3v) is 5.73. The minimum absolute atomic E-state index is 0.0660. The van der Waals surface area contributed by atoms with Crippen LogP contribution < -0.4 is 27.4 Å². The summed E-state index contributed by atoms with van der Waals surface area (Å²) < 4.78 is 0. The SMILES string of the molecule is Nc1c(NNC(=O)c2ccc(Cl)cc2Cl)ncnc1NNC(=O)C(c1ccccc1)c1ccccc1. The predicted molar refractivity (Wildman–Crippen MR) is 140 cm³/mol. The van der Waals surface area contributed by atoms with Gasteiger partial charge in [0.1, 0.15) is 12.0 Å². The Morgan fingerprint density at radius 2 is 1.33 bits per heavy atom. The van der Waals surface area contributed by atoms with E-state index in [2.05, 4.69) is 31.7 Å². The minimum Gasteiger partial charge on any atom is -0.393 e. The Hall–Kier alpha value is -4.34. The summed E-state index contributed by atoms with van der Waals surface area (Å²) in [5, 5.41) is 0.595. The van der Waals surface area contributed by atoms with Crippen LogP contribution in [0.25, 0.3) is 0 Å². The van der Waals surface area contributed by atoms with Crippen LogP contribution in [0, 0.1) is 0 Å². The summed E-state index contributed by atoms with van der Waals surface area (Å²) >= 11 is 11.9. The first-order valence-electron chi connectivity index (χ1n) is 10.7. The lowest BCUT2D eigenvalue weighted by molar-refractivity contribution is -0.121. The lowest BCUT2D eigenvalue weighted by atomic mass is 9.91. The van der Waals surface area contributed by atoms with E-state index in [4.69, 9.17) is 28.9 Å². The van der Waals surface area contributed by atoms with Crippen molar-refractivity contribution in [3.63, 3.8) is 0 Å². The van der Waals surface area contributed by atoms with Crippen LogP contribution in [0.2, 0.25) is 10.0 Å². The molecule has 0 aliphatic carbocycles. The van der Waals surface area contributed by atoms with Crippen molar-refractivity contribution in [1.29, 1.82) is 0 Å². The van der Waals surface area contributed by atoms with Gasteiger partial charge in [-0.1, -0.05) is 83.9 Å². The van der Waals surface area contributed by atoms with Crippen molar-refractivity contribution in [2.45, 2.75) is 5.92 Å². The van der Waals surface area contributed by atoms with Gasteiger partial charge in [-0.15, -0.1) is 0 Å². The number of halogens is 2. The van der Waals surface area contributed by atoms with Crippen LogP contribution in [-0.2, 0) is 4.79 Å². The van der Waals surface area contributed by atoms with Gasteiger partial charge in [-0.25, -0.2) is 9.97 Å². The van der Waals surface area contributed by atoms with E-state index in [9.17, 15) is 9.59 Å². The molecule has 0 aliphatic rings. The average molecular weight is 522 g/mol. The molecule has 6 N–H and O–H groups in total. The van der Waals surface area contributed by atoms with Crippen molar-refractivity contribution in [3.8, 4) is 0 Å². The second kappa shape index (κ2) is 11.4. The number of anilines is 3. The normalized spacial score (nSPS) is 10.5. The van der Waals surface area contributed by atoms with Crippen LogP contribution >= 0.6 is 23.2 Å². The van der Waals surface area contributed by atoms with Crippen LogP contribution in [0.1, 0.15) is 27.4 Å². The highest BCUT2D eigenvalue weighted by Crippen LogP contribution is 2.26. The zero-order chi connectivity index (χ0) is 25.5. The highest BCUT2D eigenvalue weighted by atomic mass is 35.5. The number of hydrazine groups is 2. The van der Waals surface area contributed by atoms with Crippen LogP contribution in [0.3, 0.4) is 0 Å². The topological polar surface area (TPSA) is 134 Å². The number of aromatic nitrogens is 2. The summed E-state index contributed by atoms with van der Waals surface area (Å²) in [5.41, 5.74) is 18.6. The maximum Gasteiger partial charge on any atom is 0.271 e. The van der Waals surface area contributed by atoms with E-state index < -0.39 is 11.8 Å². The van der Waals surface area contributed by atoms with Crippen LogP contribution in [-0.4, -0.2) is 21.8 Å². The number of amides is 2. The number of nitrogens with two attached hydrogens (primary N) is 1. The van der Waals surface area contributed by atoms with E-state index in [0.29, 0.717) is 5.02 Å². The van der Waals surface area contributed by atoms with E-state index >= 15 is 0 Å². The molecule has 0 saturated carbocycles. The van der Waals surface area contributed by atoms with Crippen molar-refractivity contribution >= 4 is 52.3 Å². The number of carbonyl (C=O) groups excluding carboxylic acids is 2. The Kier molecular flexibility index (Phi) is 7.84. The van der Waals surface area contributed by atoms with Gasteiger partial charge in [0.05, 0.1) is 16.5 Å². The van der Waals surface area contributed by atoms with Crippen LogP contribution in [0.4, 0.5) is 17.3 Å². The van der Waals surface area contributed by atoms with Gasteiger partial charge in [0.15, 0.2) is 11.6 Å². The fraction of sp³-hybridized carbons (Fsp3) is 0.0400. The summed E-state index contributed by atoms with van der Waals surface area (Å²) in [6, 6.07) is 23.3. The van der Waals surface area contributed by atoms with Gasteiger partial charge in [-0.3, -0.25) is 31.3 Å². The third-order valence-electron chi connectivity index (χ3n) is 5.19. The number of nitrogen functional groups attached to an aromatic ring is 1. The molecule has 0 spiro atoms. The number of rotatable bonds is 8. The Labute approximate surface area is 217 Å². The molecule has 0 atom stereocenters. The Balaban J connectivity index is 1.45. The Morgan fingerprint density at radius 1 is 0.778 bits per heavy atom. The highest BCUT2D eigenvalue weighted by molar-refractivity contribution is 6.36. The van der Waals surface area contributed by atoms with Crippen molar-refractivity contribution in [2.24, 2.45) is 0 Å². The highest BCUT2D eigenvalue weighted by Gasteiger charge is 2.23. The minimum atomic E-state index is -0.566. The van der Waals surface area contributed by atoms with E-state index in [1.54, 1.807) is 6.07 Å². The van der Waals surface area contributed by atoms with E-state index in [1.807, 2.05) is 60.7 Å². The molecule has 4 aromatic rings. The Morgan fingerprint density at radius 3 is 1.89 bits per heavy atom. The second-order valence-electron chi connectivity index (χ2n) is 7.56. The van der Waals surface area contributed by atoms with Gasteiger partial charge in [-0.05, 0) is 29.3 Å². The van der Waals surface area contributed by atoms with Gasteiger partial charge in [-0.2, -0.15) is 0 Å². The van der Waals surface area contributed by atoms with E-state index in [-0.39, 0.29) is 33.8 Å². The van der Waals surface area contributed by atoms with Crippen LogP contribution in [0.15, 0.2) is 85.2 Å². The summed E-state index contributed by atoms with van der Waals surface area (Å²) in [7, 11) is 0. The molecule has 3 aromatic carbocycles. The molecule has 1 aromatic heterocycles. The van der Waals surface area contributed by atoms with Crippen LogP contribution in [0.5, 0.6) is 0 Å². The molecule has 2 amide bonds. The summed E-state index contributed by atoms with van der Waals surface area (Å²) in [4.78, 5) is 33.7. The largest absolute Gasteiger partial charge is 0.393 e. The number of benzene rings is 3. The molecule has 0 saturated heterocycles. The average Bonchev–Trinajstić information content (AvgIpc) is 2.88. The zero-order valence-corrected chi connectivity index (χ0v) is 20.2. The zero-order valence-electron chi connectivity index (χ0n) is 18.7. The van der Waals surface area contributed by atoms with Crippen molar-refractivity contribution in [2.75, 3.05) is 16.6 Å². The maximum absolute atomic E-state index is 13.2. The van der Waals surface area contributed by atoms with Gasteiger partial charge in [0, 0.05) is 5.02 Å². The Bertz CT molecular complexity index is 1330. The van der Waals surface area contributed by atoms with E-state index in [0.717, 1.165) is 11.1 Å². The number of carbonyl (C=O) groups is 2. The number of nitrogens with zero attached hydrogens (tertiary/aromatic N) is 2. The first kappa shape index (κ1) is 24.8. The summed E-state index contributed by atoms with van der Waals surface area (Å²) in [5.74, 6) is -1.15. The first-order chi connectivity index (χ1) is 17.4. The molecule has 0 radical (unpaired) electrons. The molecular formula is C25H21Cl2N7O2. The molecule has 11 heteroatoms. The van der Waals surface area contributed by atoms with Crippen molar-refractivity contribution < 1.29 is 9.59 Å². The van der Waals surface area contributed by atoms with Gasteiger partial charge >= 0.3 is 0 Å². The number of hydrogen-bond donors (Lipinski definition) is 5. The lowest BCUT2D eigenvalue weighted by Crippen LogP contribution is -2.35. The number of nitrogens with one attached hydrogen (secondary N) is 4. The molecule has 0 bridgehead atoms. The standard InChI is InChI=1S/C25H21Cl2N7O2/c26-17-11-12-18(19(27)13-17)24(35)33-31-22-21(28)23(30-14-29-22)32-34-25(36)20(15-7-3-1-4-8-15)16-9-5-2-6-10-16/h1-14,20H,28H2,(H,33,35)(H,34,36)(H2,29,30,31,32). The molecule has 36 heavy (non-hydrogen) atoms. The molecule has 182 valence electrons. The molecule has 0 fully saturated rings. The molecule has 0 unspecified atom stereocenters. The maximum atomic E-state index is 13.2. The van der Waals surface area contributed by atoms with Crippen molar-refractivity contribution in [3.05, 3.63) is 112 Å². The molecule has 1 heterocycles.